The molecule has 0 radical (unpaired) electrons. The summed E-state index contributed by atoms with van der Waals surface area (Å²) >= 11 is 1.84. The van der Waals surface area contributed by atoms with Crippen molar-refractivity contribution >= 4 is 11.8 Å². The van der Waals surface area contributed by atoms with Crippen LogP contribution in [0.4, 0.5) is 0 Å². The number of aryl methyl sites for hydroxylation is 1. The Bertz CT molecular complexity index is 310. The third-order valence-corrected chi connectivity index (χ3v) is 3.60. The Balaban J connectivity index is 1.91. The van der Waals surface area contributed by atoms with Crippen LogP contribution in [0, 0.1) is 0 Å². The van der Waals surface area contributed by atoms with Crippen LogP contribution in [0.5, 0.6) is 0 Å². The molecular formula is C10H16N2O2S. The van der Waals surface area contributed by atoms with Crippen molar-refractivity contribution in [2.24, 2.45) is 7.05 Å². The van der Waals surface area contributed by atoms with Gasteiger partial charge in [-0.2, -0.15) is 11.8 Å². The summed E-state index contributed by atoms with van der Waals surface area (Å²) in [7, 11) is 1.94. The maximum absolute atomic E-state index is 9.98. The molecule has 0 bridgehead atoms. The third-order valence-electron chi connectivity index (χ3n) is 2.58. The van der Waals surface area contributed by atoms with Crippen molar-refractivity contribution in [3.05, 3.63) is 18.2 Å². The second-order valence-electron chi connectivity index (χ2n) is 3.71. The van der Waals surface area contributed by atoms with Crippen LogP contribution in [0.3, 0.4) is 0 Å². The van der Waals surface area contributed by atoms with Gasteiger partial charge in [0.1, 0.15) is 5.82 Å². The number of ether oxygens (including phenoxy) is 1. The predicted molar refractivity (Wildman–Crippen MR) is 60.0 cm³/mol. The van der Waals surface area contributed by atoms with E-state index in [1.165, 1.54) is 0 Å². The standard InChI is InChI=1S/C10H16N2O2S/c1-12-3-2-11-10(12)6-8(13)9-7-15-5-4-14-9/h2-3,8-9,13H,4-7H2,1H3. The van der Waals surface area contributed by atoms with Gasteiger partial charge in [0.25, 0.3) is 0 Å². The number of aromatic nitrogens is 2. The number of nitrogens with zero attached hydrogens (tertiary/aromatic N) is 2. The first-order valence-corrected chi connectivity index (χ1v) is 6.26. The minimum Gasteiger partial charge on any atom is -0.390 e. The molecule has 1 N–H and O–H groups in total. The van der Waals surface area contributed by atoms with Crippen molar-refractivity contribution in [2.45, 2.75) is 18.6 Å². The summed E-state index contributed by atoms with van der Waals surface area (Å²) in [6, 6.07) is 0. The molecule has 1 fully saturated rings. The van der Waals surface area contributed by atoms with Crippen molar-refractivity contribution < 1.29 is 9.84 Å². The summed E-state index contributed by atoms with van der Waals surface area (Å²) < 4.78 is 7.45. The van der Waals surface area contributed by atoms with Gasteiger partial charge >= 0.3 is 0 Å². The van der Waals surface area contributed by atoms with Crippen LogP contribution in [0.15, 0.2) is 12.4 Å². The lowest BCUT2D eigenvalue weighted by Crippen LogP contribution is -2.36. The van der Waals surface area contributed by atoms with Gasteiger partial charge in [-0.1, -0.05) is 0 Å². The highest BCUT2D eigenvalue weighted by molar-refractivity contribution is 7.99. The van der Waals surface area contributed by atoms with E-state index in [9.17, 15) is 5.11 Å². The van der Waals surface area contributed by atoms with Crippen LogP contribution >= 0.6 is 11.8 Å². The van der Waals surface area contributed by atoms with Crippen LogP contribution in [0.1, 0.15) is 5.82 Å². The zero-order valence-electron chi connectivity index (χ0n) is 8.80. The molecule has 2 atom stereocenters. The average Bonchev–Trinajstić information content (AvgIpc) is 2.66. The molecule has 5 heteroatoms. The van der Waals surface area contributed by atoms with Gasteiger partial charge in [0.05, 0.1) is 18.8 Å². The van der Waals surface area contributed by atoms with Gasteiger partial charge in [-0.15, -0.1) is 0 Å². The van der Waals surface area contributed by atoms with E-state index in [0.29, 0.717) is 6.42 Å². The molecule has 1 aliphatic heterocycles. The molecule has 0 amide bonds. The SMILES string of the molecule is Cn1ccnc1CC(O)C1CSCCO1. The topological polar surface area (TPSA) is 47.3 Å². The fourth-order valence-corrected chi connectivity index (χ4v) is 2.57. The number of thioether (sulfide) groups is 1. The maximum Gasteiger partial charge on any atom is 0.111 e. The van der Waals surface area contributed by atoms with E-state index in [2.05, 4.69) is 4.98 Å². The zero-order valence-corrected chi connectivity index (χ0v) is 9.61. The summed E-state index contributed by atoms with van der Waals surface area (Å²) in [4.78, 5) is 4.19. The molecule has 84 valence electrons. The van der Waals surface area contributed by atoms with Gasteiger partial charge in [0, 0.05) is 37.4 Å². The third kappa shape index (κ3) is 2.74. The molecule has 0 aliphatic carbocycles. The first-order chi connectivity index (χ1) is 7.27. The second kappa shape index (κ2) is 5.01. The van der Waals surface area contributed by atoms with Crippen LogP contribution in [-0.4, -0.2) is 45.0 Å². The van der Waals surface area contributed by atoms with Crippen LogP contribution < -0.4 is 0 Å². The van der Waals surface area contributed by atoms with E-state index >= 15 is 0 Å². The molecule has 1 aromatic rings. The zero-order chi connectivity index (χ0) is 10.7. The van der Waals surface area contributed by atoms with E-state index in [4.69, 9.17) is 4.74 Å². The van der Waals surface area contributed by atoms with E-state index in [1.54, 1.807) is 6.20 Å². The van der Waals surface area contributed by atoms with Crippen molar-refractivity contribution in [1.29, 1.82) is 0 Å². The smallest absolute Gasteiger partial charge is 0.111 e. The van der Waals surface area contributed by atoms with Crippen molar-refractivity contribution in [3.8, 4) is 0 Å². The van der Waals surface area contributed by atoms with Gasteiger partial charge in [0.2, 0.25) is 0 Å². The molecule has 1 saturated heterocycles. The summed E-state index contributed by atoms with van der Waals surface area (Å²) in [6.07, 6.45) is 3.71. The number of hydrogen-bond donors (Lipinski definition) is 1. The normalized spacial score (nSPS) is 24.0. The lowest BCUT2D eigenvalue weighted by molar-refractivity contribution is -0.0218. The number of hydrogen-bond acceptors (Lipinski definition) is 4. The molecule has 0 spiro atoms. The average molecular weight is 228 g/mol. The first kappa shape index (κ1) is 11.0. The Morgan fingerprint density at radius 1 is 1.80 bits per heavy atom. The van der Waals surface area contributed by atoms with Gasteiger partial charge in [-0.25, -0.2) is 4.98 Å². The Morgan fingerprint density at radius 2 is 2.67 bits per heavy atom. The van der Waals surface area contributed by atoms with E-state index < -0.39 is 6.10 Å². The minimum atomic E-state index is -0.445. The number of imidazole rings is 1. The Labute approximate surface area is 93.6 Å². The molecule has 2 rings (SSSR count). The molecule has 0 saturated carbocycles. The number of aliphatic hydroxyl groups is 1. The summed E-state index contributed by atoms with van der Waals surface area (Å²) in [6.45, 7) is 0.743. The van der Waals surface area contributed by atoms with Gasteiger partial charge in [0.15, 0.2) is 0 Å². The predicted octanol–water partition coefficient (Wildman–Crippen LogP) is 0.456. The fourth-order valence-electron chi connectivity index (χ4n) is 1.64. The van der Waals surface area contributed by atoms with Gasteiger partial charge in [-0.3, -0.25) is 0 Å². The van der Waals surface area contributed by atoms with Crippen molar-refractivity contribution in [3.63, 3.8) is 0 Å². The lowest BCUT2D eigenvalue weighted by Gasteiger charge is -2.26. The van der Waals surface area contributed by atoms with Crippen molar-refractivity contribution in [1.82, 2.24) is 9.55 Å². The monoisotopic (exact) mass is 228 g/mol. The highest BCUT2D eigenvalue weighted by Crippen LogP contribution is 2.17. The van der Waals surface area contributed by atoms with Crippen LogP contribution in [-0.2, 0) is 18.2 Å². The van der Waals surface area contributed by atoms with Crippen molar-refractivity contribution in [2.75, 3.05) is 18.1 Å². The van der Waals surface area contributed by atoms with Crippen LogP contribution in [0.2, 0.25) is 0 Å². The molecule has 1 aromatic heterocycles. The van der Waals surface area contributed by atoms with E-state index in [1.807, 2.05) is 29.6 Å². The largest absolute Gasteiger partial charge is 0.390 e. The Kier molecular flexibility index (Phi) is 3.66. The number of rotatable bonds is 3. The lowest BCUT2D eigenvalue weighted by atomic mass is 10.1. The molecule has 2 unspecified atom stereocenters. The molecule has 1 aliphatic rings. The first-order valence-electron chi connectivity index (χ1n) is 5.11. The fraction of sp³-hybridized carbons (Fsp3) is 0.700. The van der Waals surface area contributed by atoms with E-state index in [0.717, 1.165) is 23.9 Å². The highest BCUT2D eigenvalue weighted by Gasteiger charge is 2.24. The summed E-state index contributed by atoms with van der Waals surface area (Å²) in [5, 5.41) is 9.98. The molecule has 0 aromatic carbocycles. The molecule has 4 nitrogen and oxygen atoms in total. The molecule has 2 heterocycles. The van der Waals surface area contributed by atoms with Gasteiger partial charge < -0.3 is 14.4 Å². The maximum atomic E-state index is 9.98. The molecular weight excluding hydrogens is 212 g/mol. The second-order valence-corrected chi connectivity index (χ2v) is 4.86. The Morgan fingerprint density at radius 3 is 3.27 bits per heavy atom. The van der Waals surface area contributed by atoms with E-state index in [-0.39, 0.29) is 6.10 Å². The highest BCUT2D eigenvalue weighted by atomic mass is 32.2. The number of aliphatic hydroxyl groups excluding tert-OH is 1. The summed E-state index contributed by atoms with van der Waals surface area (Å²) in [5.41, 5.74) is 0. The minimum absolute atomic E-state index is 0.0413. The quantitative estimate of drug-likeness (QED) is 0.816. The molecule has 15 heavy (non-hydrogen) atoms. The van der Waals surface area contributed by atoms with Crippen LogP contribution in [0.25, 0.3) is 0 Å². The summed E-state index contributed by atoms with van der Waals surface area (Å²) in [5.74, 6) is 2.82. The van der Waals surface area contributed by atoms with Gasteiger partial charge in [-0.05, 0) is 0 Å². The Hall–Kier alpha value is -0.520.